The summed E-state index contributed by atoms with van der Waals surface area (Å²) < 4.78 is 26.8. The maximum Gasteiger partial charge on any atom is 0.191 e. The monoisotopic (exact) mass is 470 g/mol. The van der Waals surface area contributed by atoms with Crippen LogP contribution in [0, 0.1) is 11.6 Å². The molecule has 0 radical (unpaired) electrons. The minimum absolute atomic E-state index is 0. The van der Waals surface area contributed by atoms with Gasteiger partial charge in [0.05, 0.1) is 0 Å². The van der Waals surface area contributed by atoms with E-state index >= 15 is 0 Å². The molecule has 0 bridgehead atoms. The fourth-order valence-electron chi connectivity index (χ4n) is 2.72. The van der Waals surface area contributed by atoms with E-state index in [1.54, 1.807) is 31.3 Å². The fourth-order valence-corrected chi connectivity index (χ4v) is 2.72. The third kappa shape index (κ3) is 4.94. The van der Waals surface area contributed by atoms with E-state index in [4.69, 9.17) is 0 Å². The van der Waals surface area contributed by atoms with E-state index in [1.165, 1.54) is 18.2 Å². The van der Waals surface area contributed by atoms with E-state index in [0.717, 1.165) is 22.9 Å². The highest BCUT2D eigenvalue weighted by atomic mass is 127. The molecule has 0 fully saturated rings. The molecule has 0 aliphatic rings. The first-order valence-corrected chi connectivity index (χ1v) is 8.11. The quantitative estimate of drug-likeness (QED) is 0.300. The number of aromatic nitrogens is 1. The molecule has 3 N–H and O–H groups in total. The molecule has 0 amide bonds. The Morgan fingerprint density at radius 3 is 2.65 bits per heavy atom. The highest BCUT2D eigenvalue weighted by Gasteiger charge is 2.06. The Hall–Kier alpha value is -2.16. The van der Waals surface area contributed by atoms with Crippen LogP contribution in [-0.4, -0.2) is 24.5 Å². The number of aromatic amines is 1. The van der Waals surface area contributed by atoms with Crippen molar-refractivity contribution in [3.63, 3.8) is 0 Å². The predicted octanol–water partition coefficient (Wildman–Crippen LogP) is 3.97. The molecule has 1 heterocycles. The summed E-state index contributed by atoms with van der Waals surface area (Å²) in [4.78, 5) is 7.22. The van der Waals surface area contributed by atoms with Gasteiger partial charge >= 0.3 is 0 Å². The van der Waals surface area contributed by atoms with Crippen LogP contribution in [0.3, 0.4) is 0 Å². The molecule has 3 aromatic rings. The second-order valence-corrected chi connectivity index (χ2v) is 5.70. The van der Waals surface area contributed by atoms with E-state index in [1.807, 2.05) is 6.20 Å². The van der Waals surface area contributed by atoms with Gasteiger partial charge in [-0.05, 0) is 36.2 Å². The number of rotatable bonds is 5. The Balaban J connectivity index is 0.00000243. The smallest absolute Gasteiger partial charge is 0.191 e. The fraction of sp³-hybridized carbons (Fsp3) is 0.211. The zero-order valence-corrected chi connectivity index (χ0v) is 16.7. The summed E-state index contributed by atoms with van der Waals surface area (Å²) in [7, 11) is 1.67. The molecule has 3 rings (SSSR count). The average Bonchev–Trinajstić information content (AvgIpc) is 3.01. The molecular formula is C19H21F2IN4. The molecule has 0 saturated heterocycles. The van der Waals surface area contributed by atoms with Crippen LogP contribution >= 0.6 is 24.0 Å². The van der Waals surface area contributed by atoms with Gasteiger partial charge in [0, 0.05) is 42.8 Å². The van der Waals surface area contributed by atoms with Crippen LogP contribution in [-0.2, 0) is 13.0 Å². The normalized spacial score (nSPS) is 11.3. The minimum atomic E-state index is -0.253. The molecule has 0 unspecified atom stereocenters. The number of halogens is 3. The molecule has 0 spiro atoms. The number of hydrogen-bond acceptors (Lipinski definition) is 1. The van der Waals surface area contributed by atoms with Crippen molar-refractivity contribution < 1.29 is 8.78 Å². The maximum atomic E-state index is 13.6. The summed E-state index contributed by atoms with van der Waals surface area (Å²) in [5, 5.41) is 7.31. The highest BCUT2D eigenvalue weighted by Crippen LogP contribution is 2.19. The molecule has 7 heteroatoms. The lowest BCUT2D eigenvalue weighted by Crippen LogP contribution is -2.38. The number of aliphatic imine (C=N–C) groups is 1. The van der Waals surface area contributed by atoms with Crippen molar-refractivity contribution in [1.82, 2.24) is 15.6 Å². The molecule has 2 aromatic carbocycles. The third-order valence-corrected chi connectivity index (χ3v) is 4.04. The van der Waals surface area contributed by atoms with Gasteiger partial charge in [-0.3, -0.25) is 4.99 Å². The second kappa shape index (κ2) is 9.51. The summed E-state index contributed by atoms with van der Waals surface area (Å²) in [5.41, 5.74) is 2.48. The molecule has 138 valence electrons. The molecule has 26 heavy (non-hydrogen) atoms. The van der Waals surface area contributed by atoms with Crippen molar-refractivity contribution in [2.24, 2.45) is 4.99 Å². The van der Waals surface area contributed by atoms with Crippen LogP contribution in [0.5, 0.6) is 0 Å². The van der Waals surface area contributed by atoms with Crippen LogP contribution in [0.1, 0.15) is 11.1 Å². The Bertz CT molecular complexity index is 892. The molecule has 0 atom stereocenters. The Morgan fingerprint density at radius 2 is 1.88 bits per heavy atom. The van der Waals surface area contributed by atoms with Crippen molar-refractivity contribution in [1.29, 1.82) is 0 Å². The number of guanidine groups is 1. The van der Waals surface area contributed by atoms with Crippen molar-refractivity contribution in [2.45, 2.75) is 13.0 Å². The van der Waals surface area contributed by atoms with E-state index in [2.05, 4.69) is 20.6 Å². The number of hydrogen-bond donors (Lipinski definition) is 3. The van der Waals surface area contributed by atoms with E-state index in [9.17, 15) is 8.78 Å². The van der Waals surface area contributed by atoms with Gasteiger partial charge in [-0.1, -0.05) is 18.2 Å². The molecule has 0 aliphatic heterocycles. The molecule has 1 aromatic heterocycles. The summed E-state index contributed by atoms with van der Waals surface area (Å²) in [5.74, 6) is 0.113. The van der Waals surface area contributed by atoms with Crippen LogP contribution in [0.2, 0.25) is 0 Å². The molecular weight excluding hydrogens is 449 g/mol. The van der Waals surface area contributed by atoms with Gasteiger partial charge in [0.25, 0.3) is 0 Å². The van der Waals surface area contributed by atoms with Crippen LogP contribution in [0.4, 0.5) is 8.78 Å². The van der Waals surface area contributed by atoms with Crippen LogP contribution in [0.25, 0.3) is 10.9 Å². The van der Waals surface area contributed by atoms with Gasteiger partial charge in [-0.2, -0.15) is 0 Å². The lowest BCUT2D eigenvalue weighted by atomic mass is 10.1. The SMILES string of the molecule is CN=C(NCCc1c[nH]c2cc(F)ccc12)NCc1ccccc1F.I. The standard InChI is InChI=1S/C19H20F2N4.HI/c1-22-19(25-12-14-4-2-3-5-17(14)21)23-9-8-13-11-24-18-10-15(20)6-7-16(13)18;/h2-7,10-11,24H,8-9,12H2,1H3,(H2,22,23,25);1H. The van der Waals surface area contributed by atoms with Gasteiger partial charge in [0.2, 0.25) is 0 Å². The topological polar surface area (TPSA) is 52.2 Å². The van der Waals surface area contributed by atoms with E-state index in [0.29, 0.717) is 24.6 Å². The number of nitrogens with one attached hydrogen (secondary N) is 3. The Morgan fingerprint density at radius 1 is 1.08 bits per heavy atom. The Kier molecular flexibility index (Phi) is 7.38. The van der Waals surface area contributed by atoms with Gasteiger partial charge in [0.15, 0.2) is 5.96 Å². The van der Waals surface area contributed by atoms with Gasteiger partial charge < -0.3 is 15.6 Å². The zero-order valence-electron chi connectivity index (χ0n) is 14.4. The first-order valence-electron chi connectivity index (χ1n) is 8.11. The van der Waals surface area contributed by atoms with Crippen LogP contribution in [0.15, 0.2) is 53.7 Å². The average molecular weight is 470 g/mol. The largest absolute Gasteiger partial charge is 0.361 e. The van der Waals surface area contributed by atoms with Gasteiger partial charge in [0.1, 0.15) is 11.6 Å². The summed E-state index contributed by atoms with van der Waals surface area (Å²) in [6.45, 7) is 1.01. The molecule has 0 saturated carbocycles. The van der Waals surface area contributed by atoms with Crippen molar-refractivity contribution in [3.8, 4) is 0 Å². The third-order valence-electron chi connectivity index (χ3n) is 4.04. The molecule has 0 aliphatic carbocycles. The van der Waals surface area contributed by atoms with Gasteiger partial charge in [-0.25, -0.2) is 8.78 Å². The first-order chi connectivity index (χ1) is 12.2. The zero-order chi connectivity index (χ0) is 17.6. The molecule has 4 nitrogen and oxygen atoms in total. The van der Waals surface area contributed by atoms with E-state index in [-0.39, 0.29) is 35.6 Å². The number of H-pyrrole nitrogens is 1. The summed E-state index contributed by atoms with van der Waals surface area (Å²) in [6.07, 6.45) is 2.65. The summed E-state index contributed by atoms with van der Waals surface area (Å²) in [6, 6.07) is 11.4. The lowest BCUT2D eigenvalue weighted by molar-refractivity contribution is 0.604. The number of nitrogens with zero attached hydrogens (tertiary/aromatic N) is 1. The van der Waals surface area contributed by atoms with Crippen molar-refractivity contribution in [3.05, 3.63) is 71.4 Å². The van der Waals surface area contributed by atoms with Gasteiger partial charge in [-0.15, -0.1) is 24.0 Å². The predicted molar refractivity (Wildman–Crippen MR) is 112 cm³/mol. The lowest BCUT2D eigenvalue weighted by Gasteiger charge is -2.12. The number of fused-ring (bicyclic) bond motifs is 1. The highest BCUT2D eigenvalue weighted by molar-refractivity contribution is 14.0. The Labute approximate surface area is 168 Å². The minimum Gasteiger partial charge on any atom is -0.361 e. The second-order valence-electron chi connectivity index (χ2n) is 5.70. The van der Waals surface area contributed by atoms with E-state index < -0.39 is 0 Å². The first kappa shape index (κ1) is 20.2. The van der Waals surface area contributed by atoms with Crippen LogP contribution < -0.4 is 10.6 Å². The number of benzene rings is 2. The maximum absolute atomic E-state index is 13.6. The summed E-state index contributed by atoms with van der Waals surface area (Å²) >= 11 is 0. The van der Waals surface area contributed by atoms with Crippen molar-refractivity contribution >= 4 is 40.8 Å². The van der Waals surface area contributed by atoms with Crippen molar-refractivity contribution in [2.75, 3.05) is 13.6 Å².